The van der Waals surface area contributed by atoms with E-state index in [1.54, 1.807) is 0 Å². The van der Waals surface area contributed by atoms with E-state index < -0.39 is 0 Å². The summed E-state index contributed by atoms with van der Waals surface area (Å²) in [7, 11) is 0. The second kappa shape index (κ2) is 5.40. The Bertz CT molecular complexity index is 628. The molecule has 1 heterocycles. The maximum Gasteiger partial charge on any atom is 0.226 e. The van der Waals surface area contributed by atoms with Crippen LogP contribution in [0.4, 0.5) is 10.8 Å². The summed E-state index contributed by atoms with van der Waals surface area (Å²) in [5.41, 5.74) is 7.44. The van der Waals surface area contributed by atoms with E-state index in [9.17, 15) is 4.79 Å². The van der Waals surface area contributed by atoms with Gasteiger partial charge in [-0.2, -0.15) is 0 Å². The zero-order valence-corrected chi connectivity index (χ0v) is 13.2. The molecule has 0 aliphatic heterocycles. The van der Waals surface area contributed by atoms with Crippen molar-refractivity contribution in [2.75, 3.05) is 11.1 Å². The van der Waals surface area contributed by atoms with Crippen LogP contribution in [0, 0.1) is 11.3 Å². The Kier molecular flexibility index (Phi) is 3.99. The molecule has 20 heavy (non-hydrogen) atoms. The number of nitrogen functional groups attached to an aromatic ring is 1. The largest absolute Gasteiger partial charge is 0.399 e. The number of carbonyl (C=O) groups is 1. The molecule has 4 nitrogen and oxygen atoms in total. The molecule has 1 aromatic heterocycles. The van der Waals surface area contributed by atoms with Crippen LogP contribution in [0.2, 0.25) is 0 Å². The summed E-state index contributed by atoms with van der Waals surface area (Å²) in [4.78, 5) is 16.4. The van der Waals surface area contributed by atoms with Gasteiger partial charge in [0.2, 0.25) is 5.91 Å². The van der Waals surface area contributed by atoms with Crippen LogP contribution in [0.15, 0.2) is 18.2 Å². The summed E-state index contributed by atoms with van der Waals surface area (Å²) in [6.07, 6.45) is 0.502. The molecule has 2 aromatic rings. The molecule has 1 atom stereocenters. The Balaban J connectivity index is 2.06. The van der Waals surface area contributed by atoms with Crippen molar-refractivity contribution in [3.63, 3.8) is 0 Å². The summed E-state index contributed by atoms with van der Waals surface area (Å²) < 4.78 is 0.990. The third-order valence-electron chi connectivity index (χ3n) is 3.63. The minimum atomic E-state index is 0.0134. The molecule has 108 valence electrons. The quantitative estimate of drug-likeness (QED) is 0.843. The molecule has 0 saturated heterocycles. The molecule has 0 bridgehead atoms. The monoisotopic (exact) mass is 291 g/mol. The Morgan fingerprint density at radius 1 is 1.45 bits per heavy atom. The van der Waals surface area contributed by atoms with E-state index in [1.165, 1.54) is 11.3 Å². The van der Waals surface area contributed by atoms with Crippen molar-refractivity contribution in [1.29, 1.82) is 0 Å². The first-order chi connectivity index (χ1) is 9.25. The first-order valence-electron chi connectivity index (χ1n) is 6.71. The second-order valence-electron chi connectivity index (χ2n) is 6.27. The lowest BCUT2D eigenvalue weighted by atomic mass is 9.80. The number of aromatic nitrogens is 1. The number of hydrogen-bond donors (Lipinski definition) is 2. The van der Waals surface area contributed by atoms with Gasteiger partial charge in [-0.15, -0.1) is 0 Å². The maximum absolute atomic E-state index is 12.0. The molecule has 1 amide bonds. The number of fused-ring (bicyclic) bond motifs is 1. The van der Waals surface area contributed by atoms with Crippen molar-refractivity contribution in [2.45, 2.75) is 34.1 Å². The van der Waals surface area contributed by atoms with Gasteiger partial charge in [-0.3, -0.25) is 4.79 Å². The van der Waals surface area contributed by atoms with Crippen LogP contribution < -0.4 is 11.1 Å². The third-order valence-corrected chi connectivity index (χ3v) is 4.56. The molecular weight excluding hydrogens is 270 g/mol. The highest BCUT2D eigenvalue weighted by molar-refractivity contribution is 7.22. The molecule has 0 spiro atoms. The number of thiazole rings is 1. The molecule has 1 unspecified atom stereocenters. The number of amides is 1. The molecule has 0 aliphatic carbocycles. The number of carbonyl (C=O) groups excluding carboxylic acids is 1. The summed E-state index contributed by atoms with van der Waals surface area (Å²) in [6, 6.07) is 5.56. The number of benzene rings is 1. The third kappa shape index (κ3) is 3.48. The van der Waals surface area contributed by atoms with Gasteiger partial charge in [0.05, 0.1) is 10.2 Å². The van der Waals surface area contributed by atoms with Crippen LogP contribution in [0.3, 0.4) is 0 Å². The predicted octanol–water partition coefficient (Wildman–Crippen LogP) is 3.89. The van der Waals surface area contributed by atoms with E-state index in [4.69, 9.17) is 5.73 Å². The zero-order chi connectivity index (χ0) is 14.9. The highest BCUT2D eigenvalue weighted by atomic mass is 32.1. The van der Waals surface area contributed by atoms with Crippen molar-refractivity contribution >= 4 is 38.3 Å². The second-order valence-corrected chi connectivity index (χ2v) is 7.30. The molecule has 2 rings (SSSR count). The average molecular weight is 291 g/mol. The SMILES string of the molecule is CC(CC(=O)Nc1nc2ccc(N)cc2s1)C(C)(C)C. The van der Waals surface area contributed by atoms with Crippen molar-refractivity contribution in [2.24, 2.45) is 11.3 Å². The maximum atomic E-state index is 12.0. The van der Waals surface area contributed by atoms with Gasteiger partial charge in [0, 0.05) is 12.1 Å². The van der Waals surface area contributed by atoms with E-state index in [-0.39, 0.29) is 11.3 Å². The summed E-state index contributed by atoms with van der Waals surface area (Å²) >= 11 is 1.45. The molecular formula is C15H21N3OS. The molecule has 3 N–H and O–H groups in total. The van der Waals surface area contributed by atoms with E-state index in [0.717, 1.165) is 10.2 Å². The Hall–Kier alpha value is -1.62. The number of rotatable bonds is 3. The summed E-state index contributed by atoms with van der Waals surface area (Å²) in [6.45, 7) is 8.53. The van der Waals surface area contributed by atoms with Crippen molar-refractivity contribution in [1.82, 2.24) is 4.98 Å². The molecule has 0 saturated carbocycles. The van der Waals surface area contributed by atoms with E-state index in [1.807, 2.05) is 18.2 Å². The standard InChI is InChI=1S/C15H21N3OS/c1-9(15(2,3)4)7-13(19)18-14-17-11-6-5-10(16)8-12(11)20-14/h5-6,8-9H,7,16H2,1-4H3,(H,17,18,19). The number of nitrogens with one attached hydrogen (secondary N) is 1. The first-order valence-corrected chi connectivity index (χ1v) is 7.53. The lowest BCUT2D eigenvalue weighted by Gasteiger charge is -2.26. The van der Waals surface area contributed by atoms with E-state index >= 15 is 0 Å². The Labute approximate surface area is 123 Å². The van der Waals surface area contributed by atoms with E-state index in [0.29, 0.717) is 23.2 Å². The highest BCUT2D eigenvalue weighted by Gasteiger charge is 2.22. The van der Waals surface area contributed by atoms with Crippen LogP contribution in [0.1, 0.15) is 34.1 Å². The fraction of sp³-hybridized carbons (Fsp3) is 0.467. The van der Waals surface area contributed by atoms with Gasteiger partial charge in [0.15, 0.2) is 5.13 Å². The van der Waals surface area contributed by atoms with E-state index in [2.05, 4.69) is 38.0 Å². The fourth-order valence-corrected chi connectivity index (χ4v) is 2.68. The van der Waals surface area contributed by atoms with Gasteiger partial charge in [0.1, 0.15) is 0 Å². The van der Waals surface area contributed by atoms with Crippen LogP contribution >= 0.6 is 11.3 Å². The average Bonchev–Trinajstić information content (AvgIpc) is 2.68. The summed E-state index contributed by atoms with van der Waals surface area (Å²) in [5.74, 6) is 0.326. The number of hydrogen-bond acceptors (Lipinski definition) is 4. The van der Waals surface area contributed by atoms with Crippen LogP contribution in [-0.4, -0.2) is 10.9 Å². The molecule has 0 radical (unpaired) electrons. The van der Waals surface area contributed by atoms with Gasteiger partial charge in [0.25, 0.3) is 0 Å². The normalized spacial score (nSPS) is 13.4. The fourth-order valence-electron chi connectivity index (χ4n) is 1.75. The summed E-state index contributed by atoms with van der Waals surface area (Å²) in [5, 5.41) is 3.52. The molecule has 5 heteroatoms. The van der Waals surface area contributed by atoms with Crippen molar-refractivity contribution in [3.8, 4) is 0 Å². The van der Waals surface area contributed by atoms with Crippen LogP contribution in [0.5, 0.6) is 0 Å². The Morgan fingerprint density at radius 3 is 2.80 bits per heavy atom. The minimum Gasteiger partial charge on any atom is -0.399 e. The van der Waals surface area contributed by atoms with Gasteiger partial charge < -0.3 is 11.1 Å². The topological polar surface area (TPSA) is 68.0 Å². The van der Waals surface area contributed by atoms with Crippen LogP contribution in [-0.2, 0) is 4.79 Å². The highest BCUT2D eigenvalue weighted by Crippen LogP contribution is 2.30. The number of nitrogens with zero attached hydrogens (tertiary/aromatic N) is 1. The first kappa shape index (κ1) is 14.8. The molecule has 0 fully saturated rings. The zero-order valence-electron chi connectivity index (χ0n) is 12.4. The van der Waals surface area contributed by atoms with Gasteiger partial charge in [-0.25, -0.2) is 4.98 Å². The van der Waals surface area contributed by atoms with Gasteiger partial charge in [-0.05, 0) is 29.5 Å². The smallest absolute Gasteiger partial charge is 0.226 e. The Morgan fingerprint density at radius 2 is 2.15 bits per heavy atom. The number of anilines is 2. The lowest BCUT2D eigenvalue weighted by Crippen LogP contribution is -2.23. The predicted molar refractivity (Wildman–Crippen MR) is 85.9 cm³/mol. The van der Waals surface area contributed by atoms with Crippen LogP contribution in [0.25, 0.3) is 10.2 Å². The molecule has 0 aliphatic rings. The van der Waals surface area contributed by atoms with Crippen molar-refractivity contribution in [3.05, 3.63) is 18.2 Å². The van der Waals surface area contributed by atoms with Gasteiger partial charge in [-0.1, -0.05) is 39.0 Å². The lowest BCUT2D eigenvalue weighted by molar-refractivity contribution is -0.117. The van der Waals surface area contributed by atoms with Crippen molar-refractivity contribution < 1.29 is 4.79 Å². The minimum absolute atomic E-state index is 0.0134. The number of nitrogens with two attached hydrogens (primary N) is 1. The molecule has 1 aromatic carbocycles. The van der Waals surface area contributed by atoms with Gasteiger partial charge >= 0.3 is 0 Å².